The molecule has 0 saturated carbocycles. The van der Waals surface area contributed by atoms with Gasteiger partial charge >= 0.3 is 11.9 Å². The molecule has 72 heavy (non-hydrogen) atoms. The second-order valence-electron chi connectivity index (χ2n) is 19.0. The minimum absolute atomic E-state index is 0.00982. The van der Waals surface area contributed by atoms with Crippen molar-refractivity contribution in [1.29, 1.82) is 0 Å². The maximum Gasteiger partial charge on any atom is 0.326 e. The van der Waals surface area contributed by atoms with E-state index < -0.39 is 144 Å². The highest BCUT2D eigenvalue weighted by Gasteiger charge is 2.40. The number of carbonyl (C=O) groups excluding carboxylic acids is 9. The van der Waals surface area contributed by atoms with Crippen LogP contribution < -0.4 is 59.7 Å². The molecular weight excluding hydrogens is 947 g/mol. The van der Waals surface area contributed by atoms with Crippen LogP contribution in [0.3, 0.4) is 0 Å². The van der Waals surface area contributed by atoms with Gasteiger partial charge in [-0.05, 0) is 77.6 Å². The number of carboxylic acids is 2. The lowest BCUT2D eigenvalue weighted by molar-refractivity contribution is -0.147. The fourth-order valence-corrected chi connectivity index (χ4v) is 7.40. The highest BCUT2D eigenvalue weighted by molar-refractivity contribution is 5.99. The number of aliphatic hydroxyl groups excluding tert-OH is 1. The smallest absolute Gasteiger partial charge is 0.326 e. The summed E-state index contributed by atoms with van der Waals surface area (Å²) in [4.78, 5) is 149. The van der Waals surface area contributed by atoms with E-state index in [-0.39, 0.29) is 56.6 Å². The number of amides is 9. The van der Waals surface area contributed by atoms with Crippen molar-refractivity contribution in [1.82, 2.24) is 47.4 Å². The highest BCUT2D eigenvalue weighted by atomic mass is 16.4. The van der Waals surface area contributed by atoms with E-state index in [0.717, 1.165) is 0 Å². The topological polar surface area (TPSA) is 438 Å². The second kappa shape index (κ2) is 30.3. The van der Waals surface area contributed by atoms with Crippen LogP contribution in [0.5, 0.6) is 0 Å². The van der Waals surface area contributed by atoms with Crippen molar-refractivity contribution >= 4 is 71.1 Å². The lowest BCUT2D eigenvalue weighted by Gasteiger charge is -2.31. The minimum Gasteiger partial charge on any atom is -0.481 e. The molecule has 12 atom stereocenters. The van der Waals surface area contributed by atoms with E-state index in [1.165, 1.54) is 32.6 Å². The van der Waals surface area contributed by atoms with Gasteiger partial charge in [-0.15, -0.1) is 0 Å². The molecule has 0 spiro atoms. The van der Waals surface area contributed by atoms with Crippen LogP contribution in [0.2, 0.25) is 0 Å². The van der Waals surface area contributed by atoms with Crippen LogP contribution in [0.15, 0.2) is 4.99 Å². The van der Waals surface area contributed by atoms with Gasteiger partial charge in [0.2, 0.25) is 53.2 Å². The second-order valence-corrected chi connectivity index (χ2v) is 19.0. The van der Waals surface area contributed by atoms with Crippen molar-refractivity contribution in [3.05, 3.63) is 0 Å². The van der Waals surface area contributed by atoms with Crippen LogP contribution >= 0.6 is 0 Å². The van der Waals surface area contributed by atoms with Crippen molar-refractivity contribution in [2.75, 3.05) is 13.1 Å². The van der Waals surface area contributed by atoms with Gasteiger partial charge in [-0.1, -0.05) is 48.0 Å². The third kappa shape index (κ3) is 21.0. The van der Waals surface area contributed by atoms with E-state index >= 15 is 0 Å². The maximum atomic E-state index is 13.8. The number of carboxylic acid groups (broad SMARTS) is 2. The van der Waals surface area contributed by atoms with Gasteiger partial charge in [0.05, 0.1) is 18.6 Å². The molecule has 1 rings (SSSR count). The van der Waals surface area contributed by atoms with E-state index in [4.69, 9.17) is 22.3 Å². The summed E-state index contributed by atoms with van der Waals surface area (Å²) in [5.41, 5.74) is 16.6. The van der Waals surface area contributed by atoms with Gasteiger partial charge in [0.15, 0.2) is 5.96 Å². The number of aliphatic imine (C=N–C) groups is 1. The molecule has 0 aliphatic carbocycles. The van der Waals surface area contributed by atoms with Crippen LogP contribution in [0.4, 0.5) is 0 Å². The van der Waals surface area contributed by atoms with Crippen molar-refractivity contribution in [3.8, 4) is 0 Å². The molecule has 17 N–H and O–H groups in total. The van der Waals surface area contributed by atoms with Crippen LogP contribution in [0.1, 0.15) is 114 Å². The first-order valence-electron chi connectivity index (χ1n) is 24.1. The van der Waals surface area contributed by atoms with Gasteiger partial charge in [0.1, 0.15) is 54.4 Å². The first-order chi connectivity index (χ1) is 33.4. The van der Waals surface area contributed by atoms with E-state index in [1.54, 1.807) is 34.6 Å². The van der Waals surface area contributed by atoms with E-state index in [9.17, 15) is 63.0 Å². The Morgan fingerprint density at radius 1 is 0.639 bits per heavy atom. The number of aliphatic carboxylic acids is 2. The quantitative estimate of drug-likeness (QED) is 0.0185. The number of carbonyl (C=O) groups is 11. The number of rotatable bonds is 30. The third-order valence-corrected chi connectivity index (χ3v) is 11.7. The molecule has 1 saturated heterocycles. The molecule has 1 aliphatic heterocycles. The Balaban J connectivity index is 3.25. The van der Waals surface area contributed by atoms with Gasteiger partial charge in [-0.3, -0.25) is 52.9 Å². The molecule has 9 amide bonds. The number of nitrogens with two attached hydrogens (primary N) is 3. The van der Waals surface area contributed by atoms with Crippen LogP contribution in [-0.4, -0.2) is 171 Å². The normalized spacial score (nSPS) is 17.9. The molecule has 0 radical (unpaired) electrons. The molecule has 0 unspecified atom stereocenters. The van der Waals surface area contributed by atoms with Crippen LogP contribution in [0.25, 0.3) is 0 Å². The summed E-state index contributed by atoms with van der Waals surface area (Å²) in [5, 5.41) is 49.1. The lowest BCUT2D eigenvalue weighted by atomic mass is 9.97. The Hall–Kier alpha value is -6.64. The Labute approximate surface area is 419 Å². The number of likely N-dealkylation sites (tertiary alicyclic amines) is 1. The summed E-state index contributed by atoms with van der Waals surface area (Å²) in [6.07, 6.45) is -1.43. The first kappa shape index (κ1) is 63.4. The molecule has 27 heteroatoms. The maximum absolute atomic E-state index is 13.8. The average Bonchev–Trinajstić information content (AvgIpc) is 3.78. The Kier molecular flexibility index (Phi) is 26.7. The standard InChI is InChI=1S/C45H79N13O14/c1-11-22(6)33(56-35(62)23(7)46)41(68)51-25(9)43(70)58-17-13-15-30(58)39(66)57-34(26(10)59)42(69)52-27(14-12-16-49-45(47)48)37(64)50-24(8)36(63)55-32(21(4)5)40(67)53-28(18-20(2)3)38(65)54-29(44(71)72)19-31(60)61/h20-30,32-34,59H,11-19,46H2,1-10H3,(H,50,64)(H,51,68)(H,52,69)(H,53,67)(H,54,65)(H,55,63)(H,56,62)(H,57,66)(H,60,61)(H,71,72)(H4,47,48,49)/t22-,23-,24-,25-,26+,27-,28-,29-,30-,32-,33-,34-/m0/s1. The van der Waals surface area contributed by atoms with Crippen molar-refractivity contribution in [3.63, 3.8) is 0 Å². The third-order valence-electron chi connectivity index (χ3n) is 11.7. The summed E-state index contributed by atoms with van der Waals surface area (Å²) in [5.74, 6) is -11.7. The zero-order valence-corrected chi connectivity index (χ0v) is 42.9. The van der Waals surface area contributed by atoms with Gasteiger partial charge < -0.3 is 80.0 Å². The van der Waals surface area contributed by atoms with E-state index in [1.807, 2.05) is 6.92 Å². The summed E-state index contributed by atoms with van der Waals surface area (Å²) in [6.45, 7) is 15.7. The first-order valence-corrected chi connectivity index (χ1v) is 24.1. The number of hydrogen-bond donors (Lipinski definition) is 14. The molecular formula is C45H79N13O14. The fraction of sp³-hybridized carbons (Fsp3) is 0.733. The molecule has 408 valence electrons. The van der Waals surface area contributed by atoms with E-state index in [0.29, 0.717) is 12.8 Å². The summed E-state index contributed by atoms with van der Waals surface area (Å²) in [7, 11) is 0. The monoisotopic (exact) mass is 1030 g/mol. The molecule has 0 bridgehead atoms. The van der Waals surface area contributed by atoms with Gasteiger partial charge in [-0.2, -0.15) is 0 Å². The number of nitrogens with one attached hydrogen (secondary N) is 8. The molecule has 0 aromatic carbocycles. The van der Waals surface area contributed by atoms with Crippen molar-refractivity contribution in [2.45, 2.75) is 181 Å². The van der Waals surface area contributed by atoms with Crippen LogP contribution in [-0.2, 0) is 52.7 Å². The highest BCUT2D eigenvalue weighted by Crippen LogP contribution is 2.20. The average molecular weight is 1030 g/mol. The fourth-order valence-electron chi connectivity index (χ4n) is 7.40. The summed E-state index contributed by atoms with van der Waals surface area (Å²) >= 11 is 0. The van der Waals surface area contributed by atoms with Gasteiger partial charge in [-0.25, -0.2) is 4.79 Å². The molecule has 1 fully saturated rings. The van der Waals surface area contributed by atoms with Gasteiger partial charge in [0.25, 0.3) is 0 Å². The van der Waals surface area contributed by atoms with Gasteiger partial charge in [0, 0.05) is 13.1 Å². The Morgan fingerprint density at radius 3 is 1.68 bits per heavy atom. The lowest BCUT2D eigenvalue weighted by Crippen LogP contribution is -2.61. The zero-order chi connectivity index (χ0) is 55.3. The predicted octanol–water partition coefficient (Wildman–Crippen LogP) is -4.02. The van der Waals surface area contributed by atoms with Crippen molar-refractivity contribution in [2.24, 2.45) is 39.9 Å². The number of aliphatic hydroxyl groups is 1. The molecule has 0 aromatic rings. The minimum atomic E-state index is -1.79. The predicted molar refractivity (Wildman–Crippen MR) is 260 cm³/mol. The molecule has 27 nitrogen and oxygen atoms in total. The summed E-state index contributed by atoms with van der Waals surface area (Å²) in [6, 6.07) is -13.1. The van der Waals surface area contributed by atoms with Crippen LogP contribution in [0, 0.1) is 17.8 Å². The molecule has 1 aliphatic rings. The molecule has 0 aromatic heterocycles. The Morgan fingerprint density at radius 2 is 1.17 bits per heavy atom. The largest absolute Gasteiger partial charge is 0.481 e. The summed E-state index contributed by atoms with van der Waals surface area (Å²) < 4.78 is 0. The SMILES string of the molecule is CC[C@H](C)[C@H](NC(=O)[C@H](C)N)C(=O)N[C@@H](C)C(=O)N1CCC[C@H]1C(=O)N[C@H](C(=O)N[C@@H](CCCN=C(N)N)C(=O)N[C@@H](C)C(=O)N[C@H](C(=O)N[C@@H](CC(C)C)C(=O)N[C@@H](CC(=O)O)C(=O)O)C(C)C)[C@@H](C)O. The van der Waals surface area contributed by atoms with Crippen molar-refractivity contribution < 1.29 is 68.1 Å². The van der Waals surface area contributed by atoms with E-state index in [2.05, 4.69) is 47.5 Å². The Bertz CT molecular complexity index is 1960. The number of hydrogen-bond acceptors (Lipinski definition) is 14. The zero-order valence-electron chi connectivity index (χ0n) is 42.9. The number of nitrogens with zero attached hydrogens (tertiary/aromatic N) is 2. The molecule has 1 heterocycles. The number of guanidine groups is 1.